The van der Waals surface area contributed by atoms with Crippen molar-refractivity contribution in [3.63, 3.8) is 0 Å². The van der Waals surface area contributed by atoms with E-state index in [1.165, 1.54) is 11.1 Å². The number of fused-ring (bicyclic) bond motifs is 1. The normalized spacial score (nSPS) is 23.7. The Morgan fingerprint density at radius 1 is 1.09 bits per heavy atom. The summed E-state index contributed by atoms with van der Waals surface area (Å²) < 4.78 is 12.1. The molecule has 3 unspecified atom stereocenters. The van der Waals surface area contributed by atoms with Crippen molar-refractivity contribution < 1.29 is 9.47 Å². The third-order valence-corrected chi connectivity index (χ3v) is 4.66. The van der Waals surface area contributed by atoms with Gasteiger partial charge in [0.1, 0.15) is 11.9 Å². The summed E-state index contributed by atoms with van der Waals surface area (Å²) >= 11 is 0. The maximum absolute atomic E-state index is 6.33. The predicted octanol–water partition coefficient (Wildman–Crippen LogP) is 2.88. The van der Waals surface area contributed by atoms with Gasteiger partial charge in [0.25, 0.3) is 6.02 Å². The minimum absolute atomic E-state index is 0.0918. The fourth-order valence-electron chi connectivity index (χ4n) is 3.59. The number of para-hydroxylation sites is 1. The van der Waals surface area contributed by atoms with Crippen LogP contribution in [-0.2, 0) is 11.2 Å². The summed E-state index contributed by atoms with van der Waals surface area (Å²) in [5, 5.41) is 0. The van der Waals surface area contributed by atoms with Crippen LogP contribution < -0.4 is 10.5 Å². The Bertz CT molecular complexity index is 714. The van der Waals surface area contributed by atoms with Gasteiger partial charge in [0.2, 0.25) is 0 Å². The highest BCUT2D eigenvalue weighted by atomic mass is 16.6. The van der Waals surface area contributed by atoms with Crippen LogP contribution in [0.2, 0.25) is 0 Å². The summed E-state index contributed by atoms with van der Waals surface area (Å²) in [5.74, 6) is 1.16. The average Bonchev–Trinajstić information content (AvgIpc) is 3.20. The lowest BCUT2D eigenvalue weighted by molar-refractivity contribution is 0.0448. The lowest BCUT2D eigenvalue weighted by Crippen LogP contribution is -2.39. The first-order valence-electron chi connectivity index (χ1n) is 8.07. The molecule has 0 aromatic heterocycles. The van der Waals surface area contributed by atoms with Gasteiger partial charge in [0.15, 0.2) is 6.10 Å². The zero-order valence-electron chi connectivity index (χ0n) is 12.9. The Morgan fingerprint density at radius 3 is 2.65 bits per heavy atom. The van der Waals surface area contributed by atoms with Gasteiger partial charge in [0, 0.05) is 5.92 Å². The molecule has 0 fully saturated rings. The number of nitrogens with two attached hydrogens (primary N) is 1. The molecule has 0 bridgehead atoms. The monoisotopic (exact) mass is 308 g/mol. The highest BCUT2D eigenvalue weighted by molar-refractivity contribution is 5.73. The molecule has 2 aromatic rings. The van der Waals surface area contributed by atoms with Crippen molar-refractivity contribution >= 4 is 6.02 Å². The number of benzene rings is 2. The third-order valence-electron chi connectivity index (χ3n) is 4.66. The summed E-state index contributed by atoms with van der Waals surface area (Å²) in [6.45, 7) is 0.558. The Kier molecular flexibility index (Phi) is 3.66. The van der Waals surface area contributed by atoms with Crippen LogP contribution in [0.4, 0.5) is 0 Å². The standard InChI is InChI=1S/C19H20N2O2/c20-19-21-12-17(23-19)18(22-14-7-2-1-3-8-14)16-11-10-13-6-4-5-9-15(13)16/h1-9,16-18H,10-12H2,(H2,20,21). The van der Waals surface area contributed by atoms with E-state index >= 15 is 0 Å². The number of amidine groups is 1. The van der Waals surface area contributed by atoms with Crippen LogP contribution in [0, 0.1) is 0 Å². The molecule has 0 spiro atoms. The molecular weight excluding hydrogens is 288 g/mol. The summed E-state index contributed by atoms with van der Waals surface area (Å²) in [5.41, 5.74) is 8.49. The van der Waals surface area contributed by atoms with Crippen LogP contribution in [0.15, 0.2) is 59.6 Å². The van der Waals surface area contributed by atoms with Crippen molar-refractivity contribution in [1.82, 2.24) is 0 Å². The first-order valence-corrected chi connectivity index (χ1v) is 8.07. The number of rotatable bonds is 4. The number of ether oxygens (including phenoxy) is 2. The number of nitrogens with zero attached hydrogens (tertiary/aromatic N) is 1. The molecule has 4 heteroatoms. The maximum Gasteiger partial charge on any atom is 0.282 e. The molecule has 0 radical (unpaired) electrons. The van der Waals surface area contributed by atoms with Gasteiger partial charge in [-0.3, -0.25) is 0 Å². The molecule has 3 atom stereocenters. The number of hydrogen-bond donors (Lipinski definition) is 1. The fourth-order valence-corrected chi connectivity index (χ4v) is 3.59. The van der Waals surface area contributed by atoms with Crippen molar-refractivity contribution in [1.29, 1.82) is 0 Å². The Balaban J connectivity index is 1.63. The Labute approximate surface area is 135 Å². The quantitative estimate of drug-likeness (QED) is 0.945. The molecule has 1 heterocycles. The van der Waals surface area contributed by atoms with Crippen LogP contribution in [0.3, 0.4) is 0 Å². The van der Waals surface area contributed by atoms with E-state index in [2.05, 4.69) is 29.3 Å². The smallest absolute Gasteiger partial charge is 0.282 e. The highest BCUT2D eigenvalue weighted by Crippen LogP contribution is 2.39. The minimum Gasteiger partial charge on any atom is -0.486 e. The summed E-state index contributed by atoms with van der Waals surface area (Å²) in [7, 11) is 0. The van der Waals surface area contributed by atoms with E-state index in [-0.39, 0.29) is 18.2 Å². The molecule has 4 nitrogen and oxygen atoms in total. The summed E-state index contributed by atoms with van der Waals surface area (Å²) in [6, 6.07) is 18.8. The number of aryl methyl sites for hydroxylation is 1. The number of aliphatic imine (C=N–C) groups is 1. The SMILES string of the molecule is NC1=NCC(C(Oc2ccccc2)C2CCc3ccccc32)O1. The van der Waals surface area contributed by atoms with Crippen LogP contribution in [0.1, 0.15) is 23.5 Å². The third kappa shape index (κ3) is 2.77. The molecule has 4 rings (SSSR count). The maximum atomic E-state index is 6.33. The van der Waals surface area contributed by atoms with Gasteiger partial charge in [0.05, 0.1) is 6.54 Å². The van der Waals surface area contributed by atoms with Crippen LogP contribution in [-0.4, -0.2) is 24.8 Å². The van der Waals surface area contributed by atoms with Crippen molar-refractivity contribution in [2.24, 2.45) is 10.7 Å². The molecular formula is C19H20N2O2. The molecule has 0 amide bonds. The van der Waals surface area contributed by atoms with Crippen molar-refractivity contribution in [2.75, 3.05) is 6.54 Å². The zero-order chi connectivity index (χ0) is 15.6. The minimum atomic E-state index is -0.133. The molecule has 1 aliphatic carbocycles. The van der Waals surface area contributed by atoms with Crippen LogP contribution in [0.5, 0.6) is 5.75 Å². The summed E-state index contributed by atoms with van der Waals surface area (Å²) in [4.78, 5) is 4.20. The van der Waals surface area contributed by atoms with Crippen molar-refractivity contribution in [3.8, 4) is 5.75 Å². The molecule has 2 aliphatic rings. The molecule has 2 N–H and O–H groups in total. The largest absolute Gasteiger partial charge is 0.486 e. The van der Waals surface area contributed by atoms with Crippen LogP contribution >= 0.6 is 0 Å². The van der Waals surface area contributed by atoms with Gasteiger partial charge >= 0.3 is 0 Å². The van der Waals surface area contributed by atoms with Gasteiger partial charge in [-0.25, -0.2) is 4.99 Å². The fraction of sp³-hybridized carbons (Fsp3) is 0.316. The van der Waals surface area contributed by atoms with Crippen LogP contribution in [0.25, 0.3) is 0 Å². The first kappa shape index (κ1) is 14.1. The first-order chi connectivity index (χ1) is 11.3. The van der Waals surface area contributed by atoms with E-state index in [1.807, 2.05) is 30.3 Å². The van der Waals surface area contributed by atoms with Gasteiger partial charge in [-0.1, -0.05) is 42.5 Å². The topological polar surface area (TPSA) is 56.8 Å². The van der Waals surface area contributed by atoms with Gasteiger partial charge in [-0.2, -0.15) is 0 Å². The summed E-state index contributed by atoms with van der Waals surface area (Å²) in [6.07, 6.45) is 1.92. The van der Waals surface area contributed by atoms with Gasteiger partial charge < -0.3 is 15.2 Å². The molecule has 23 heavy (non-hydrogen) atoms. The lowest BCUT2D eigenvalue weighted by Gasteiger charge is -2.29. The van der Waals surface area contributed by atoms with E-state index in [0.717, 1.165) is 18.6 Å². The second-order valence-electron chi connectivity index (χ2n) is 6.07. The highest BCUT2D eigenvalue weighted by Gasteiger charge is 2.39. The van der Waals surface area contributed by atoms with E-state index in [9.17, 15) is 0 Å². The van der Waals surface area contributed by atoms with E-state index in [1.54, 1.807) is 0 Å². The van der Waals surface area contributed by atoms with E-state index in [0.29, 0.717) is 12.5 Å². The molecule has 1 aliphatic heterocycles. The lowest BCUT2D eigenvalue weighted by atomic mass is 9.91. The van der Waals surface area contributed by atoms with E-state index < -0.39 is 0 Å². The molecule has 0 saturated heterocycles. The molecule has 118 valence electrons. The predicted molar refractivity (Wildman–Crippen MR) is 89.7 cm³/mol. The zero-order valence-corrected chi connectivity index (χ0v) is 12.9. The molecule has 2 aromatic carbocycles. The van der Waals surface area contributed by atoms with E-state index in [4.69, 9.17) is 15.2 Å². The Hall–Kier alpha value is -2.49. The number of hydrogen-bond acceptors (Lipinski definition) is 4. The van der Waals surface area contributed by atoms with Gasteiger partial charge in [-0.15, -0.1) is 0 Å². The second kappa shape index (κ2) is 5.95. The average molecular weight is 308 g/mol. The van der Waals surface area contributed by atoms with Gasteiger partial charge in [-0.05, 0) is 36.1 Å². The van der Waals surface area contributed by atoms with Crippen molar-refractivity contribution in [2.45, 2.75) is 31.0 Å². The Morgan fingerprint density at radius 2 is 1.87 bits per heavy atom. The van der Waals surface area contributed by atoms with Crippen molar-refractivity contribution in [3.05, 3.63) is 65.7 Å². The molecule has 0 saturated carbocycles. The second-order valence-corrected chi connectivity index (χ2v) is 6.07.